The van der Waals surface area contributed by atoms with Crippen molar-refractivity contribution in [1.29, 1.82) is 0 Å². The number of hydrogen-bond acceptors (Lipinski definition) is 3. The van der Waals surface area contributed by atoms with Gasteiger partial charge in [-0.15, -0.1) is 11.8 Å². The zero-order valence-electron chi connectivity index (χ0n) is 9.53. The van der Waals surface area contributed by atoms with Crippen molar-refractivity contribution >= 4 is 17.7 Å². The van der Waals surface area contributed by atoms with Gasteiger partial charge in [0.05, 0.1) is 5.56 Å². The van der Waals surface area contributed by atoms with Gasteiger partial charge < -0.3 is 4.74 Å². The number of ether oxygens (including phenoxy) is 1. The SMILES string of the molecule is CSc1ccc(C(=O)OC(C)(C)C)cc1. The van der Waals surface area contributed by atoms with E-state index in [4.69, 9.17) is 4.74 Å². The van der Waals surface area contributed by atoms with Crippen LogP contribution in [-0.2, 0) is 4.74 Å². The van der Waals surface area contributed by atoms with Crippen molar-refractivity contribution in [3.05, 3.63) is 29.8 Å². The van der Waals surface area contributed by atoms with E-state index in [9.17, 15) is 4.79 Å². The fourth-order valence-electron chi connectivity index (χ4n) is 1.06. The third-order valence-electron chi connectivity index (χ3n) is 1.72. The first-order valence-corrected chi connectivity index (χ1v) is 6.02. The molecule has 0 unspecified atom stereocenters. The topological polar surface area (TPSA) is 26.3 Å². The molecule has 0 amide bonds. The molecule has 0 spiro atoms. The molecule has 0 radical (unpaired) electrons. The predicted octanol–water partition coefficient (Wildman–Crippen LogP) is 3.36. The van der Waals surface area contributed by atoms with Gasteiger partial charge in [-0.3, -0.25) is 0 Å². The van der Waals surface area contributed by atoms with E-state index in [1.54, 1.807) is 23.9 Å². The van der Waals surface area contributed by atoms with Crippen LogP contribution in [0.4, 0.5) is 0 Å². The summed E-state index contributed by atoms with van der Waals surface area (Å²) in [5.41, 5.74) is 0.164. The van der Waals surface area contributed by atoms with E-state index in [0.29, 0.717) is 5.56 Å². The number of rotatable bonds is 2. The van der Waals surface area contributed by atoms with Crippen LogP contribution in [0.3, 0.4) is 0 Å². The van der Waals surface area contributed by atoms with Gasteiger partial charge in [-0.1, -0.05) is 0 Å². The van der Waals surface area contributed by atoms with E-state index in [2.05, 4.69) is 0 Å². The van der Waals surface area contributed by atoms with E-state index >= 15 is 0 Å². The first kappa shape index (κ1) is 12.1. The van der Waals surface area contributed by atoms with Crippen LogP contribution in [0.15, 0.2) is 29.2 Å². The fraction of sp³-hybridized carbons (Fsp3) is 0.417. The largest absolute Gasteiger partial charge is 0.456 e. The molecule has 0 aliphatic rings. The third-order valence-corrected chi connectivity index (χ3v) is 2.47. The molecule has 1 aromatic carbocycles. The minimum atomic E-state index is -0.435. The Kier molecular flexibility index (Phi) is 3.80. The Hall–Kier alpha value is -0.960. The van der Waals surface area contributed by atoms with E-state index < -0.39 is 5.60 Å². The van der Waals surface area contributed by atoms with E-state index in [0.717, 1.165) is 4.90 Å². The van der Waals surface area contributed by atoms with Gasteiger partial charge in [0.15, 0.2) is 0 Å². The van der Waals surface area contributed by atoms with Crippen LogP contribution in [0.25, 0.3) is 0 Å². The van der Waals surface area contributed by atoms with E-state index in [1.165, 1.54) is 0 Å². The highest BCUT2D eigenvalue weighted by Gasteiger charge is 2.17. The molecule has 1 aromatic rings. The number of carbonyl (C=O) groups is 1. The molecule has 0 bridgehead atoms. The van der Waals surface area contributed by atoms with Crippen LogP contribution in [0.2, 0.25) is 0 Å². The average molecular weight is 224 g/mol. The second kappa shape index (κ2) is 4.71. The number of benzene rings is 1. The van der Waals surface area contributed by atoms with Crippen molar-refractivity contribution < 1.29 is 9.53 Å². The number of carbonyl (C=O) groups excluding carboxylic acids is 1. The highest BCUT2D eigenvalue weighted by Crippen LogP contribution is 2.17. The summed E-state index contributed by atoms with van der Waals surface area (Å²) >= 11 is 1.65. The smallest absolute Gasteiger partial charge is 0.338 e. The second-order valence-electron chi connectivity index (χ2n) is 4.23. The van der Waals surface area contributed by atoms with E-state index in [1.807, 2.05) is 39.2 Å². The first-order valence-electron chi connectivity index (χ1n) is 4.80. The Balaban J connectivity index is 2.75. The zero-order chi connectivity index (χ0) is 11.5. The van der Waals surface area contributed by atoms with E-state index in [-0.39, 0.29) is 5.97 Å². The van der Waals surface area contributed by atoms with Gasteiger partial charge in [-0.05, 0) is 51.3 Å². The maximum absolute atomic E-state index is 11.6. The summed E-state index contributed by atoms with van der Waals surface area (Å²) in [5, 5.41) is 0. The average Bonchev–Trinajstić information content (AvgIpc) is 2.15. The zero-order valence-corrected chi connectivity index (χ0v) is 10.4. The summed E-state index contributed by atoms with van der Waals surface area (Å²) < 4.78 is 5.25. The minimum Gasteiger partial charge on any atom is -0.456 e. The van der Waals surface area contributed by atoms with Crippen molar-refractivity contribution in [3.8, 4) is 0 Å². The highest BCUT2D eigenvalue weighted by molar-refractivity contribution is 7.98. The van der Waals surface area contributed by atoms with Gasteiger partial charge in [-0.25, -0.2) is 4.79 Å². The molecule has 0 aliphatic heterocycles. The Bertz CT molecular complexity index is 336. The van der Waals surface area contributed by atoms with Crippen molar-refractivity contribution in [3.63, 3.8) is 0 Å². The lowest BCUT2D eigenvalue weighted by Crippen LogP contribution is -2.23. The summed E-state index contributed by atoms with van der Waals surface area (Å²) in [6, 6.07) is 7.42. The van der Waals surface area contributed by atoms with Crippen molar-refractivity contribution in [1.82, 2.24) is 0 Å². The van der Waals surface area contributed by atoms with Gasteiger partial charge in [0.1, 0.15) is 5.60 Å². The quantitative estimate of drug-likeness (QED) is 0.569. The summed E-state index contributed by atoms with van der Waals surface area (Å²) in [6.07, 6.45) is 2.00. The lowest BCUT2D eigenvalue weighted by molar-refractivity contribution is 0.00695. The predicted molar refractivity (Wildman–Crippen MR) is 63.4 cm³/mol. The van der Waals surface area contributed by atoms with Gasteiger partial charge in [0, 0.05) is 4.90 Å². The van der Waals surface area contributed by atoms with Crippen LogP contribution in [0.5, 0.6) is 0 Å². The minimum absolute atomic E-state index is 0.268. The van der Waals surface area contributed by atoms with Gasteiger partial charge >= 0.3 is 5.97 Å². The van der Waals surface area contributed by atoms with Crippen LogP contribution in [-0.4, -0.2) is 17.8 Å². The van der Waals surface area contributed by atoms with Crippen molar-refractivity contribution in [2.75, 3.05) is 6.26 Å². The monoisotopic (exact) mass is 224 g/mol. The Labute approximate surface area is 95.0 Å². The lowest BCUT2D eigenvalue weighted by Gasteiger charge is -2.19. The van der Waals surface area contributed by atoms with Crippen LogP contribution < -0.4 is 0 Å². The molecule has 0 N–H and O–H groups in total. The fourth-order valence-corrected chi connectivity index (χ4v) is 1.47. The normalized spacial score (nSPS) is 11.2. The summed E-state index contributed by atoms with van der Waals surface area (Å²) in [6.45, 7) is 5.59. The summed E-state index contributed by atoms with van der Waals surface area (Å²) in [4.78, 5) is 12.8. The summed E-state index contributed by atoms with van der Waals surface area (Å²) in [5.74, 6) is -0.268. The molecule has 0 aliphatic carbocycles. The van der Waals surface area contributed by atoms with Crippen LogP contribution in [0, 0.1) is 0 Å². The molecular weight excluding hydrogens is 208 g/mol. The highest BCUT2D eigenvalue weighted by atomic mass is 32.2. The van der Waals surface area contributed by atoms with Gasteiger partial charge in [-0.2, -0.15) is 0 Å². The maximum atomic E-state index is 11.6. The third kappa shape index (κ3) is 3.96. The molecular formula is C12H16O2S. The Morgan fingerprint density at radius 2 is 1.73 bits per heavy atom. The molecule has 0 saturated heterocycles. The molecule has 0 aromatic heterocycles. The van der Waals surface area contributed by atoms with Crippen molar-refractivity contribution in [2.24, 2.45) is 0 Å². The number of hydrogen-bond donors (Lipinski definition) is 0. The van der Waals surface area contributed by atoms with Crippen LogP contribution >= 0.6 is 11.8 Å². The summed E-state index contributed by atoms with van der Waals surface area (Å²) in [7, 11) is 0. The van der Waals surface area contributed by atoms with Gasteiger partial charge in [0.2, 0.25) is 0 Å². The maximum Gasteiger partial charge on any atom is 0.338 e. The molecule has 3 heteroatoms. The first-order chi connectivity index (χ1) is 6.92. The Morgan fingerprint density at radius 3 is 2.13 bits per heavy atom. The molecule has 1 rings (SSSR count). The Morgan fingerprint density at radius 1 is 1.20 bits per heavy atom. The lowest BCUT2D eigenvalue weighted by atomic mass is 10.2. The van der Waals surface area contributed by atoms with Crippen LogP contribution in [0.1, 0.15) is 31.1 Å². The number of esters is 1. The molecule has 0 heterocycles. The molecule has 0 atom stereocenters. The molecule has 2 nitrogen and oxygen atoms in total. The molecule has 0 saturated carbocycles. The molecule has 0 fully saturated rings. The second-order valence-corrected chi connectivity index (χ2v) is 5.11. The van der Waals surface area contributed by atoms with Crippen molar-refractivity contribution in [2.45, 2.75) is 31.3 Å². The molecule has 82 valence electrons. The van der Waals surface area contributed by atoms with Gasteiger partial charge in [0.25, 0.3) is 0 Å². The standard InChI is InChI=1S/C12H16O2S/c1-12(2,3)14-11(13)9-5-7-10(15-4)8-6-9/h5-8H,1-4H3. The molecule has 15 heavy (non-hydrogen) atoms. The number of thioether (sulfide) groups is 1.